The smallest absolute Gasteiger partial charge is 0.414 e. The minimum absolute atomic E-state index is 0.607. The van der Waals surface area contributed by atoms with E-state index in [2.05, 4.69) is 60.7 Å². The Bertz CT molecular complexity index is 219. The van der Waals surface area contributed by atoms with Gasteiger partial charge >= 0.3 is 12.2 Å². The highest BCUT2D eigenvalue weighted by atomic mass is 32.2. The number of amides is 2. The highest BCUT2D eigenvalue weighted by Crippen LogP contribution is 2.03. The topological polar surface area (TPSA) is 59.1 Å². The molecule has 0 radical (unpaired) electrons. The third-order valence-electron chi connectivity index (χ3n) is 0.720. The molecule has 0 saturated heterocycles. The molecule has 0 fully saturated rings. The number of hydrogen-bond donors (Lipinski definition) is 4. The van der Waals surface area contributed by atoms with E-state index >= 15 is 0 Å². The molecule has 0 saturated carbocycles. The van der Waals surface area contributed by atoms with Crippen LogP contribution in [0.15, 0.2) is 12.5 Å². The van der Waals surface area contributed by atoms with Gasteiger partial charge in [0.15, 0.2) is 0 Å². The molecule has 2 amide bonds. The van der Waals surface area contributed by atoms with Crippen LogP contribution >= 0.6 is 51.3 Å². The lowest BCUT2D eigenvalue weighted by Gasteiger charge is -2.05. The van der Waals surface area contributed by atoms with Crippen molar-refractivity contribution in [2.75, 3.05) is 0 Å². The predicted molar refractivity (Wildman–Crippen MR) is 61.7 cm³/mol. The molecule has 0 unspecified atom stereocenters. The summed E-state index contributed by atoms with van der Waals surface area (Å²) in [6.45, 7) is 0. The summed E-state index contributed by atoms with van der Waals surface area (Å²) in [5.74, 6) is 0. The van der Waals surface area contributed by atoms with Crippen molar-refractivity contribution in [1.82, 2.24) is 7.42 Å². The number of ether oxygens (including phenoxy) is 2. The van der Waals surface area contributed by atoms with Crippen LogP contribution in [-0.4, -0.2) is 19.6 Å². The zero-order valence-electron chi connectivity index (χ0n) is 6.47. The summed E-state index contributed by atoms with van der Waals surface area (Å²) in [4.78, 5) is 21.3. The van der Waals surface area contributed by atoms with E-state index in [0.717, 1.165) is 12.5 Å². The second-order valence-corrected chi connectivity index (χ2v) is 3.85. The van der Waals surface area contributed by atoms with Crippen molar-refractivity contribution in [3.8, 4) is 0 Å². The molecule has 14 heavy (non-hydrogen) atoms. The molecule has 0 aromatic heterocycles. The van der Waals surface area contributed by atoms with Crippen LogP contribution in [0.1, 0.15) is 0 Å². The summed E-state index contributed by atoms with van der Waals surface area (Å²) in [6, 6.07) is 0. The Hall–Kier alpha value is -0.320. The molecule has 0 aromatic carbocycles. The lowest BCUT2D eigenvalue weighted by atomic mass is 11.0. The average molecular weight is 274 g/mol. The van der Waals surface area contributed by atoms with Gasteiger partial charge in [-0.25, -0.2) is 9.59 Å². The maximum absolute atomic E-state index is 10.6. The van der Waals surface area contributed by atoms with Gasteiger partial charge in [-0.05, 0) is 51.3 Å². The van der Waals surface area contributed by atoms with E-state index in [1.807, 2.05) is 0 Å². The molecule has 10 heteroatoms. The van der Waals surface area contributed by atoms with Crippen molar-refractivity contribution in [3.63, 3.8) is 0 Å². The summed E-state index contributed by atoms with van der Waals surface area (Å²) >= 11 is 14.1. The van der Waals surface area contributed by atoms with E-state index in [-0.39, 0.29) is 0 Å². The Labute approximate surface area is 102 Å². The summed E-state index contributed by atoms with van der Waals surface area (Å²) in [5.41, 5.74) is 0. The minimum Gasteiger partial charge on any atom is -0.414 e. The first-order valence-corrected chi connectivity index (χ1v) is 4.47. The standard InChI is InChI=1S/C4H6N2O4S4/c7-3(5(11)12)9-1-2-10-4(8)6(13)14/h1-2,11-14H. The third-order valence-corrected chi connectivity index (χ3v) is 1.37. The largest absolute Gasteiger partial charge is 0.434 e. The Morgan fingerprint density at radius 1 is 0.857 bits per heavy atom. The van der Waals surface area contributed by atoms with Crippen LogP contribution in [0.2, 0.25) is 0 Å². The van der Waals surface area contributed by atoms with Crippen LogP contribution in [0.4, 0.5) is 9.59 Å². The fourth-order valence-electron chi connectivity index (χ4n) is 0.266. The van der Waals surface area contributed by atoms with E-state index in [1.165, 1.54) is 0 Å². The Morgan fingerprint density at radius 3 is 1.36 bits per heavy atom. The lowest BCUT2D eigenvalue weighted by molar-refractivity contribution is 0.168. The van der Waals surface area contributed by atoms with Crippen molar-refractivity contribution < 1.29 is 19.1 Å². The highest BCUT2D eigenvalue weighted by molar-refractivity contribution is 7.94. The molecule has 0 spiro atoms. The number of carbonyl (C=O) groups excluding carboxylic acids is 2. The first-order valence-electron chi connectivity index (χ1n) is 2.87. The van der Waals surface area contributed by atoms with Gasteiger partial charge in [0.2, 0.25) is 0 Å². The van der Waals surface area contributed by atoms with E-state index < -0.39 is 12.2 Å². The normalized spacial score (nSPS) is 9.71. The monoisotopic (exact) mass is 274 g/mol. The molecule has 0 heterocycles. The first-order chi connectivity index (χ1) is 6.45. The van der Waals surface area contributed by atoms with Gasteiger partial charge in [-0.2, -0.15) is 7.42 Å². The van der Waals surface area contributed by atoms with E-state index in [0.29, 0.717) is 7.42 Å². The molecule has 0 atom stereocenters. The molecule has 0 aliphatic carbocycles. The van der Waals surface area contributed by atoms with Gasteiger partial charge in [-0.15, -0.1) is 0 Å². The molecule has 0 bridgehead atoms. The number of carbonyl (C=O) groups is 2. The van der Waals surface area contributed by atoms with Gasteiger partial charge in [0.05, 0.1) is 0 Å². The predicted octanol–water partition coefficient (Wildman–Crippen LogP) is 1.71. The van der Waals surface area contributed by atoms with Gasteiger partial charge in [-0.1, -0.05) is 0 Å². The van der Waals surface area contributed by atoms with Gasteiger partial charge < -0.3 is 9.47 Å². The molecular formula is C4H6N2O4S4. The molecular weight excluding hydrogens is 268 g/mol. The SMILES string of the molecule is O=C(OC=COC(=O)N(S)S)N(S)S. The molecule has 80 valence electrons. The van der Waals surface area contributed by atoms with Crippen LogP contribution in [0.5, 0.6) is 0 Å². The van der Waals surface area contributed by atoms with Crippen molar-refractivity contribution in [2.45, 2.75) is 0 Å². The van der Waals surface area contributed by atoms with Crippen LogP contribution in [0.3, 0.4) is 0 Å². The molecule has 6 nitrogen and oxygen atoms in total. The van der Waals surface area contributed by atoms with Crippen LogP contribution in [0, 0.1) is 0 Å². The molecule has 0 aliphatic heterocycles. The summed E-state index contributed by atoms with van der Waals surface area (Å²) in [7, 11) is 0. The zero-order valence-corrected chi connectivity index (χ0v) is 10.0. The van der Waals surface area contributed by atoms with Gasteiger partial charge in [0.25, 0.3) is 0 Å². The number of hydrogen-bond acceptors (Lipinski definition) is 8. The minimum atomic E-state index is -0.849. The highest BCUT2D eigenvalue weighted by Gasteiger charge is 2.05. The zero-order chi connectivity index (χ0) is 11.1. The van der Waals surface area contributed by atoms with Crippen molar-refractivity contribution in [2.24, 2.45) is 0 Å². The Balaban J connectivity index is 3.75. The molecule has 0 rings (SSSR count). The third kappa shape index (κ3) is 6.18. The summed E-state index contributed by atoms with van der Waals surface area (Å²) in [6.07, 6.45) is -0.0229. The number of thiol groups is 4. The average Bonchev–Trinajstić information content (AvgIpc) is 2.11. The maximum atomic E-state index is 10.6. The number of nitrogens with zero attached hydrogens (tertiary/aromatic N) is 2. The van der Waals surface area contributed by atoms with Crippen molar-refractivity contribution in [1.29, 1.82) is 0 Å². The lowest BCUT2D eigenvalue weighted by Crippen LogP contribution is -2.11. The molecule has 0 aliphatic rings. The summed E-state index contributed by atoms with van der Waals surface area (Å²) in [5, 5.41) is 0. The maximum Gasteiger partial charge on any atom is 0.434 e. The second-order valence-electron chi connectivity index (χ2n) is 1.62. The van der Waals surface area contributed by atoms with Crippen LogP contribution in [-0.2, 0) is 9.47 Å². The summed E-state index contributed by atoms with van der Waals surface area (Å²) < 4.78 is 9.90. The van der Waals surface area contributed by atoms with Crippen LogP contribution in [0.25, 0.3) is 0 Å². The van der Waals surface area contributed by atoms with Gasteiger partial charge in [0.1, 0.15) is 12.5 Å². The molecule has 0 aromatic rings. The van der Waals surface area contributed by atoms with E-state index in [4.69, 9.17) is 0 Å². The van der Waals surface area contributed by atoms with E-state index in [9.17, 15) is 9.59 Å². The van der Waals surface area contributed by atoms with Crippen LogP contribution < -0.4 is 0 Å². The quantitative estimate of drug-likeness (QED) is 0.457. The Morgan fingerprint density at radius 2 is 1.14 bits per heavy atom. The fourth-order valence-corrected chi connectivity index (χ4v) is 0.455. The van der Waals surface area contributed by atoms with Crippen molar-refractivity contribution in [3.05, 3.63) is 12.5 Å². The van der Waals surface area contributed by atoms with E-state index in [1.54, 1.807) is 0 Å². The Kier molecular flexibility index (Phi) is 6.87. The van der Waals surface area contributed by atoms with Gasteiger partial charge in [0, 0.05) is 0 Å². The first kappa shape index (κ1) is 13.7. The fraction of sp³-hybridized carbons (Fsp3) is 0. The second kappa shape index (κ2) is 7.04. The molecule has 0 N–H and O–H groups in total. The van der Waals surface area contributed by atoms with Crippen molar-refractivity contribution >= 4 is 63.4 Å². The van der Waals surface area contributed by atoms with Gasteiger partial charge in [-0.3, -0.25) is 0 Å². The number of rotatable bonds is 2.